The zero-order valence-electron chi connectivity index (χ0n) is 20.9. The lowest BCUT2D eigenvalue weighted by atomic mass is 10.0. The van der Waals surface area contributed by atoms with Crippen LogP contribution in [0.5, 0.6) is 0 Å². The van der Waals surface area contributed by atoms with Crippen LogP contribution >= 0.6 is 0 Å². The van der Waals surface area contributed by atoms with Crippen LogP contribution in [0.1, 0.15) is 50.8 Å². The molecule has 12 heteroatoms. The number of anilines is 1. The monoisotopic (exact) mass is 502 g/mol. The average Bonchev–Trinajstić information content (AvgIpc) is 3.20. The van der Waals surface area contributed by atoms with Gasteiger partial charge in [-0.3, -0.25) is 14.5 Å². The molecule has 1 saturated heterocycles. The number of halogens is 3. The van der Waals surface area contributed by atoms with Crippen LogP contribution < -0.4 is 10.6 Å². The maximum absolute atomic E-state index is 13.2. The van der Waals surface area contributed by atoms with Crippen LogP contribution in [0.25, 0.3) is 11.2 Å². The van der Waals surface area contributed by atoms with Crippen molar-refractivity contribution in [3.63, 3.8) is 0 Å². The number of hydrogen-bond donors (Lipinski definition) is 0. The number of nitriles is 1. The van der Waals surface area contributed by atoms with Gasteiger partial charge < -0.3 is 9.47 Å². The molecule has 0 aliphatic carbocycles. The van der Waals surface area contributed by atoms with Crippen molar-refractivity contribution in [1.82, 2.24) is 29.0 Å². The number of hydrogen-bond acceptors (Lipinski definition) is 7. The Labute approximate surface area is 206 Å². The van der Waals surface area contributed by atoms with Gasteiger partial charge >= 0.3 is 11.9 Å². The molecule has 0 N–H and O–H groups in total. The molecule has 0 saturated carbocycles. The number of alkyl halides is 3. The largest absolute Gasteiger partial charge is 0.416 e. The number of nitrogens with zero attached hydrogens (tertiary/aromatic N) is 8. The minimum absolute atomic E-state index is 0.0692. The number of piperazine rings is 1. The Hall–Kier alpha value is -3.46. The first kappa shape index (κ1) is 25.6. The maximum Gasteiger partial charge on any atom is 0.416 e. The normalized spacial score (nSPS) is 20.0. The molecule has 4 rings (SSSR count). The van der Waals surface area contributed by atoms with E-state index in [0.29, 0.717) is 48.1 Å². The van der Waals surface area contributed by atoms with Crippen molar-refractivity contribution in [3.8, 4) is 6.07 Å². The summed E-state index contributed by atoms with van der Waals surface area (Å²) in [7, 11) is 1.64. The molecular formula is C24H29F3N8O. The fraction of sp³-hybridized carbons (Fsp3) is 0.542. The quantitative estimate of drug-likeness (QED) is 0.528. The van der Waals surface area contributed by atoms with Crippen LogP contribution in [0.4, 0.5) is 19.0 Å². The van der Waals surface area contributed by atoms with Crippen molar-refractivity contribution in [2.75, 3.05) is 18.0 Å². The summed E-state index contributed by atoms with van der Waals surface area (Å²) in [5.74, 6) is 1.03. The topological polar surface area (TPSA) is 95.9 Å². The van der Waals surface area contributed by atoms with Gasteiger partial charge in [0.1, 0.15) is 17.0 Å². The van der Waals surface area contributed by atoms with Crippen LogP contribution in [0.3, 0.4) is 0 Å². The van der Waals surface area contributed by atoms with Crippen molar-refractivity contribution in [2.24, 2.45) is 7.05 Å². The highest BCUT2D eigenvalue weighted by Gasteiger charge is 2.36. The third kappa shape index (κ3) is 4.43. The number of pyridine rings is 1. The lowest BCUT2D eigenvalue weighted by Crippen LogP contribution is -2.57. The second-order valence-corrected chi connectivity index (χ2v) is 9.25. The van der Waals surface area contributed by atoms with Gasteiger partial charge in [-0.2, -0.15) is 23.4 Å². The van der Waals surface area contributed by atoms with Crippen LogP contribution in [0.2, 0.25) is 0 Å². The van der Waals surface area contributed by atoms with Crippen molar-refractivity contribution in [1.29, 1.82) is 5.26 Å². The summed E-state index contributed by atoms with van der Waals surface area (Å²) in [6, 6.07) is 3.69. The summed E-state index contributed by atoms with van der Waals surface area (Å²) in [5, 5.41) is 9.25. The summed E-state index contributed by atoms with van der Waals surface area (Å²) in [6.45, 7) is 9.33. The third-order valence-corrected chi connectivity index (χ3v) is 6.93. The van der Waals surface area contributed by atoms with Crippen LogP contribution in [0.15, 0.2) is 23.1 Å². The Morgan fingerprint density at radius 1 is 1.22 bits per heavy atom. The molecule has 3 aromatic heterocycles. The van der Waals surface area contributed by atoms with Crippen molar-refractivity contribution >= 4 is 17.0 Å². The zero-order valence-corrected chi connectivity index (χ0v) is 20.9. The van der Waals surface area contributed by atoms with Crippen molar-refractivity contribution < 1.29 is 13.2 Å². The van der Waals surface area contributed by atoms with E-state index in [0.717, 1.165) is 12.1 Å². The van der Waals surface area contributed by atoms with Crippen LogP contribution in [-0.4, -0.2) is 54.2 Å². The predicted octanol–water partition coefficient (Wildman–Crippen LogP) is 3.29. The molecule has 36 heavy (non-hydrogen) atoms. The van der Waals surface area contributed by atoms with Gasteiger partial charge in [0.2, 0.25) is 0 Å². The third-order valence-electron chi connectivity index (χ3n) is 6.93. The minimum Gasteiger partial charge on any atom is -0.349 e. The van der Waals surface area contributed by atoms with Crippen molar-refractivity contribution in [3.05, 3.63) is 45.9 Å². The van der Waals surface area contributed by atoms with Gasteiger partial charge in [0.05, 0.1) is 23.7 Å². The highest BCUT2D eigenvalue weighted by atomic mass is 19.4. The van der Waals surface area contributed by atoms with Gasteiger partial charge in [-0.15, -0.1) is 0 Å². The lowest BCUT2D eigenvalue weighted by molar-refractivity contribution is -0.137. The first-order chi connectivity index (χ1) is 17.0. The molecule has 1 aliphatic rings. The van der Waals surface area contributed by atoms with E-state index < -0.39 is 17.4 Å². The van der Waals surface area contributed by atoms with Gasteiger partial charge in [-0.1, -0.05) is 0 Å². The van der Waals surface area contributed by atoms with E-state index in [2.05, 4.69) is 20.9 Å². The number of aromatic nitrogens is 5. The fourth-order valence-electron chi connectivity index (χ4n) is 5.04. The number of imidazole rings is 1. The van der Waals surface area contributed by atoms with E-state index in [9.17, 15) is 23.2 Å². The standard InChI is InChI=1S/C24H29F3N8O/c1-6-33-19(7-9-28)30-20-21(31-23(36)32(5)22(20)33)35-13-14(2)34(12-15(35)3)16(4)18-11-17(8-10-29-18)24(25,26)27/h8,10-11,14-16H,6-7,12-13H2,1-5H3/t14-,15+,16?/m1/s1. The second-order valence-electron chi connectivity index (χ2n) is 9.25. The van der Waals surface area contributed by atoms with Gasteiger partial charge in [0, 0.05) is 51.0 Å². The van der Waals surface area contributed by atoms with Gasteiger partial charge in [0.25, 0.3) is 0 Å². The van der Waals surface area contributed by atoms with E-state index in [-0.39, 0.29) is 24.5 Å². The molecule has 3 atom stereocenters. The Kier molecular flexibility index (Phi) is 6.79. The first-order valence-electron chi connectivity index (χ1n) is 11.9. The van der Waals surface area contributed by atoms with Gasteiger partial charge in [-0.25, -0.2) is 9.78 Å². The van der Waals surface area contributed by atoms with E-state index in [1.807, 2.05) is 37.2 Å². The highest BCUT2D eigenvalue weighted by molar-refractivity contribution is 5.84. The molecule has 0 amide bonds. The number of aryl methyl sites for hydroxylation is 2. The molecule has 3 aromatic rings. The highest BCUT2D eigenvalue weighted by Crippen LogP contribution is 2.34. The van der Waals surface area contributed by atoms with E-state index in [4.69, 9.17) is 4.98 Å². The van der Waals surface area contributed by atoms with E-state index >= 15 is 0 Å². The molecule has 1 aliphatic heterocycles. The number of fused-ring (bicyclic) bond motifs is 1. The van der Waals surface area contributed by atoms with Gasteiger partial charge in [0.15, 0.2) is 5.82 Å². The summed E-state index contributed by atoms with van der Waals surface area (Å²) >= 11 is 0. The second kappa shape index (κ2) is 9.54. The maximum atomic E-state index is 13.2. The molecule has 9 nitrogen and oxygen atoms in total. The number of rotatable bonds is 5. The van der Waals surface area contributed by atoms with Crippen LogP contribution in [0, 0.1) is 11.3 Å². The molecule has 1 fully saturated rings. The predicted molar refractivity (Wildman–Crippen MR) is 128 cm³/mol. The molecule has 1 unspecified atom stereocenters. The average molecular weight is 503 g/mol. The summed E-state index contributed by atoms with van der Waals surface area (Å²) in [5.41, 5.74) is 0.393. The Bertz CT molecular complexity index is 1370. The molecule has 0 spiro atoms. The Morgan fingerprint density at radius 3 is 2.58 bits per heavy atom. The smallest absolute Gasteiger partial charge is 0.349 e. The zero-order chi connectivity index (χ0) is 26.4. The van der Waals surface area contributed by atoms with Crippen molar-refractivity contribution in [2.45, 2.75) is 65.0 Å². The molecule has 0 radical (unpaired) electrons. The first-order valence-corrected chi connectivity index (χ1v) is 11.9. The molecule has 192 valence electrons. The van der Waals surface area contributed by atoms with E-state index in [1.165, 1.54) is 10.8 Å². The fourth-order valence-corrected chi connectivity index (χ4v) is 5.04. The molecule has 4 heterocycles. The minimum atomic E-state index is -4.43. The van der Waals surface area contributed by atoms with Gasteiger partial charge in [-0.05, 0) is 39.8 Å². The molecular weight excluding hydrogens is 473 g/mol. The summed E-state index contributed by atoms with van der Waals surface area (Å²) in [6.07, 6.45) is -3.13. The molecule has 0 bridgehead atoms. The molecule has 0 aromatic carbocycles. The lowest BCUT2D eigenvalue weighted by Gasteiger charge is -2.47. The SMILES string of the molecule is CCn1c(CC#N)nc2c(N3C[C@@H](C)N(C(C)c4cc(C(F)(F)F)ccn4)C[C@@H]3C)nc(=O)n(C)c21. The van der Waals surface area contributed by atoms with Crippen LogP contribution in [-0.2, 0) is 26.2 Å². The van der Waals surface area contributed by atoms with E-state index in [1.54, 1.807) is 7.05 Å². The Morgan fingerprint density at radius 2 is 1.94 bits per heavy atom. The summed E-state index contributed by atoms with van der Waals surface area (Å²) in [4.78, 5) is 30.2. The Balaban J connectivity index is 1.69. The summed E-state index contributed by atoms with van der Waals surface area (Å²) < 4.78 is 43.0.